The molecule has 2 N–H and O–H groups in total. The molecule has 0 aliphatic heterocycles. The minimum atomic E-state index is -0.872. The number of hydrogen-bond acceptors (Lipinski definition) is 7. The summed E-state index contributed by atoms with van der Waals surface area (Å²) in [6.07, 6.45) is 3.64. The van der Waals surface area contributed by atoms with Gasteiger partial charge in [-0.3, -0.25) is 14.4 Å². The molecule has 0 aliphatic rings. The van der Waals surface area contributed by atoms with E-state index < -0.39 is 23.5 Å². The molecule has 44 heavy (non-hydrogen) atoms. The maximum absolute atomic E-state index is 14.4. The minimum absolute atomic E-state index is 0.0987. The first-order valence-corrected chi connectivity index (χ1v) is 14.4. The van der Waals surface area contributed by atoms with Gasteiger partial charge >= 0.3 is 0 Å². The molecule has 0 spiro atoms. The summed E-state index contributed by atoms with van der Waals surface area (Å²) >= 11 is 0. The molecule has 0 radical (unpaired) electrons. The Morgan fingerprint density at radius 1 is 0.864 bits per heavy atom. The van der Waals surface area contributed by atoms with Crippen LogP contribution in [-0.4, -0.2) is 82.3 Å². The van der Waals surface area contributed by atoms with E-state index in [-0.39, 0.29) is 30.0 Å². The number of hydrogen-bond donors (Lipinski definition) is 1. The first kappa shape index (κ1) is 32.1. The van der Waals surface area contributed by atoms with Crippen LogP contribution in [0.25, 0.3) is 10.8 Å². The van der Waals surface area contributed by atoms with Crippen molar-refractivity contribution in [1.29, 1.82) is 0 Å². The van der Waals surface area contributed by atoms with Crippen LogP contribution >= 0.6 is 0 Å². The fourth-order valence-corrected chi connectivity index (χ4v) is 4.81. The fraction of sp³-hybridized carbons (Fsp3) is 0.324. The highest BCUT2D eigenvalue weighted by Gasteiger charge is 2.35. The Labute approximate surface area is 258 Å². The first-order valence-electron chi connectivity index (χ1n) is 14.4. The Kier molecular flexibility index (Phi) is 9.95. The number of benzene rings is 3. The smallest absolute Gasteiger partial charge is 0.294 e. The van der Waals surface area contributed by atoms with Crippen molar-refractivity contribution in [2.75, 3.05) is 28.2 Å². The fourth-order valence-electron chi connectivity index (χ4n) is 4.81. The van der Waals surface area contributed by atoms with Crippen molar-refractivity contribution in [3.8, 4) is 0 Å². The minimum Gasteiger partial charge on any atom is -0.342 e. The molecule has 3 amide bonds. The second-order valence-electron chi connectivity index (χ2n) is 11.8. The second kappa shape index (κ2) is 13.6. The SMILES string of the molecule is CN(C)C(=O)c1noc(C(Cc2ccccc2)N(C)C(=O)[C@@H](Cc2ccc3ccccc3c2)N(C)C(=O)C=CC(C)(C)N)n1. The van der Waals surface area contributed by atoms with E-state index in [1.165, 1.54) is 20.8 Å². The topological polar surface area (TPSA) is 126 Å². The lowest BCUT2D eigenvalue weighted by atomic mass is 9.98. The second-order valence-corrected chi connectivity index (χ2v) is 11.8. The number of fused-ring (bicyclic) bond motifs is 1. The highest BCUT2D eigenvalue weighted by molar-refractivity contribution is 5.93. The Morgan fingerprint density at radius 3 is 2.18 bits per heavy atom. The van der Waals surface area contributed by atoms with Crippen LogP contribution in [0.2, 0.25) is 0 Å². The van der Waals surface area contributed by atoms with Crippen LogP contribution in [0.1, 0.15) is 47.5 Å². The van der Waals surface area contributed by atoms with Crippen LogP contribution in [0.4, 0.5) is 0 Å². The van der Waals surface area contributed by atoms with Crippen LogP contribution in [0.3, 0.4) is 0 Å². The van der Waals surface area contributed by atoms with Crippen LogP contribution in [0, 0.1) is 0 Å². The van der Waals surface area contributed by atoms with Crippen molar-refractivity contribution in [3.05, 3.63) is 108 Å². The zero-order valence-electron chi connectivity index (χ0n) is 26.1. The van der Waals surface area contributed by atoms with Gasteiger partial charge in [0.2, 0.25) is 17.7 Å². The summed E-state index contributed by atoms with van der Waals surface area (Å²) < 4.78 is 5.56. The van der Waals surface area contributed by atoms with E-state index in [2.05, 4.69) is 10.1 Å². The molecule has 10 heteroatoms. The molecule has 0 aliphatic carbocycles. The average molecular weight is 597 g/mol. The van der Waals surface area contributed by atoms with Gasteiger partial charge in [0.15, 0.2) is 0 Å². The van der Waals surface area contributed by atoms with Crippen molar-refractivity contribution in [2.45, 2.75) is 44.3 Å². The van der Waals surface area contributed by atoms with Gasteiger partial charge in [-0.15, -0.1) is 0 Å². The highest BCUT2D eigenvalue weighted by atomic mass is 16.5. The molecule has 4 aromatic rings. The maximum atomic E-state index is 14.4. The van der Waals surface area contributed by atoms with E-state index in [4.69, 9.17) is 10.3 Å². The summed E-state index contributed by atoms with van der Waals surface area (Å²) in [5.41, 5.74) is 7.21. The van der Waals surface area contributed by atoms with E-state index in [1.54, 1.807) is 48.1 Å². The molecular weight excluding hydrogens is 556 g/mol. The molecule has 3 aromatic carbocycles. The van der Waals surface area contributed by atoms with Gasteiger partial charge in [-0.2, -0.15) is 4.98 Å². The van der Waals surface area contributed by atoms with Crippen molar-refractivity contribution >= 4 is 28.5 Å². The number of nitrogens with zero attached hydrogens (tertiary/aromatic N) is 5. The molecule has 0 saturated carbocycles. The Bertz CT molecular complexity index is 1640. The molecule has 0 bridgehead atoms. The van der Waals surface area contributed by atoms with Crippen molar-refractivity contribution in [1.82, 2.24) is 24.8 Å². The van der Waals surface area contributed by atoms with E-state index in [9.17, 15) is 14.4 Å². The summed E-state index contributed by atoms with van der Waals surface area (Å²) in [6, 6.07) is 22.0. The number of carbonyl (C=O) groups excluding carboxylic acids is 3. The molecule has 230 valence electrons. The van der Waals surface area contributed by atoms with Gasteiger partial charge in [0.25, 0.3) is 11.7 Å². The normalized spacial score (nSPS) is 13.1. The van der Waals surface area contributed by atoms with Gasteiger partial charge in [0, 0.05) is 52.6 Å². The molecule has 4 rings (SSSR count). The van der Waals surface area contributed by atoms with Gasteiger partial charge < -0.3 is 25.0 Å². The summed E-state index contributed by atoms with van der Waals surface area (Å²) in [4.78, 5) is 49.0. The molecule has 0 saturated heterocycles. The number of nitrogens with two attached hydrogens (primary N) is 1. The summed E-state index contributed by atoms with van der Waals surface area (Å²) in [5, 5.41) is 6.01. The third kappa shape index (κ3) is 7.96. The molecule has 2 atom stereocenters. The number of aromatic nitrogens is 2. The Balaban J connectivity index is 1.72. The van der Waals surface area contributed by atoms with Crippen molar-refractivity contribution in [2.24, 2.45) is 5.73 Å². The lowest BCUT2D eigenvalue weighted by Crippen LogP contribution is -2.50. The summed E-state index contributed by atoms with van der Waals surface area (Å²) in [7, 11) is 6.46. The maximum Gasteiger partial charge on any atom is 0.294 e. The molecule has 1 unspecified atom stereocenters. The van der Waals surface area contributed by atoms with Gasteiger partial charge in [0.1, 0.15) is 12.1 Å². The zero-order chi connectivity index (χ0) is 32.0. The number of likely N-dealkylation sites (N-methyl/N-ethyl adjacent to an activating group) is 2. The predicted octanol–water partition coefficient (Wildman–Crippen LogP) is 4.03. The third-order valence-corrected chi connectivity index (χ3v) is 7.41. The zero-order valence-corrected chi connectivity index (χ0v) is 26.1. The van der Waals surface area contributed by atoms with E-state index in [0.29, 0.717) is 6.42 Å². The van der Waals surface area contributed by atoms with Gasteiger partial charge in [-0.05, 0) is 35.7 Å². The monoisotopic (exact) mass is 596 g/mol. The number of carbonyl (C=O) groups is 3. The quantitative estimate of drug-likeness (QED) is 0.259. The predicted molar refractivity (Wildman–Crippen MR) is 170 cm³/mol. The Morgan fingerprint density at radius 2 is 1.52 bits per heavy atom. The van der Waals surface area contributed by atoms with Crippen LogP contribution < -0.4 is 5.73 Å². The summed E-state index contributed by atoms with van der Waals surface area (Å²) in [6.45, 7) is 3.58. The van der Waals surface area contributed by atoms with Gasteiger partial charge in [0.05, 0.1) is 0 Å². The Hall–Kier alpha value is -4.83. The van der Waals surface area contributed by atoms with Gasteiger partial charge in [-0.1, -0.05) is 84.0 Å². The van der Waals surface area contributed by atoms with E-state index in [1.807, 2.05) is 72.8 Å². The number of rotatable bonds is 11. The molecular formula is C34H40N6O4. The molecule has 10 nitrogen and oxygen atoms in total. The van der Waals surface area contributed by atoms with E-state index in [0.717, 1.165) is 21.9 Å². The lowest BCUT2D eigenvalue weighted by molar-refractivity contribution is -0.143. The van der Waals surface area contributed by atoms with Crippen LogP contribution in [0.5, 0.6) is 0 Å². The lowest BCUT2D eigenvalue weighted by Gasteiger charge is -2.33. The van der Waals surface area contributed by atoms with Crippen molar-refractivity contribution in [3.63, 3.8) is 0 Å². The highest BCUT2D eigenvalue weighted by Crippen LogP contribution is 2.26. The molecule has 1 aromatic heterocycles. The average Bonchev–Trinajstić information content (AvgIpc) is 3.50. The molecule has 1 heterocycles. The van der Waals surface area contributed by atoms with Crippen molar-refractivity contribution < 1.29 is 18.9 Å². The first-order chi connectivity index (χ1) is 20.8. The van der Waals surface area contributed by atoms with Crippen LogP contribution in [-0.2, 0) is 22.4 Å². The van der Waals surface area contributed by atoms with E-state index >= 15 is 0 Å². The van der Waals surface area contributed by atoms with Gasteiger partial charge in [-0.25, -0.2) is 0 Å². The number of amides is 3. The summed E-state index contributed by atoms with van der Waals surface area (Å²) in [5.74, 6) is -1.07. The van der Waals surface area contributed by atoms with Crippen LogP contribution in [0.15, 0.2) is 89.5 Å². The third-order valence-electron chi connectivity index (χ3n) is 7.41. The standard InChI is InChI=1S/C34H40N6O4/c1-34(2,35)19-18-29(41)39(5)28(22-24-16-17-25-14-10-11-15-26(25)20-24)32(42)40(6)27(21-23-12-8-7-9-13-23)31-36-30(37-44-31)33(43)38(3)4/h7-20,27-28H,21-22,35H2,1-6H3/t27?,28-/m1/s1. The largest absolute Gasteiger partial charge is 0.342 e. The molecule has 0 fully saturated rings.